The van der Waals surface area contributed by atoms with E-state index in [2.05, 4.69) is 15.3 Å². The Bertz CT molecular complexity index is 465. The number of H-pyrrole nitrogens is 1. The fraction of sp³-hybridized carbons (Fsp3) is 0.250. The third-order valence-corrected chi connectivity index (χ3v) is 2.54. The Morgan fingerprint density at radius 3 is 2.88 bits per heavy atom. The number of benzene rings is 1. The van der Waals surface area contributed by atoms with Gasteiger partial charge in [0.15, 0.2) is 0 Å². The molecule has 1 heterocycles. The molecule has 16 heavy (non-hydrogen) atoms. The summed E-state index contributed by atoms with van der Waals surface area (Å²) < 4.78 is 13.7. The molecule has 0 aliphatic heterocycles. The van der Waals surface area contributed by atoms with Crippen LogP contribution in [0.5, 0.6) is 0 Å². The zero-order chi connectivity index (χ0) is 11.5. The molecule has 0 saturated carbocycles. The van der Waals surface area contributed by atoms with Crippen LogP contribution in [0.25, 0.3) is 0 Å². The van der Waals surface area contributed by atoms with Gasteiger partial charge in [0.25, 0.3) is 0 Å². The summed E-state index contributed by atoms with van der Waals surface area (Å²) in [6.45, 7) is 1.94. The number of aryl methyl sites for hydroxylation is 1. The molecule has 0 saturated heterocycles. The fourth-order valence-electron chi connectivity index (χ4n) is 1.76. The molecular formula is C12H14FN3. The Morgan fingerprint density at radius 1 is 1.44 bits per heavy atom. The molecule has 3 nitrogen and oxygen atoms in total. The average Bonchev–Trinajstić information content (AvgIpc) is 2.78. The Morgan fingerprint density at radius 2 is 2.25 bits per heavy atom. The van der Waals surface area contributed by atoms with E-state index < -0.39 is 0 Å². The average molecular weight is 219 g/mol. The van der Waals surface area contributed by atoms with Gasteiger partial charge in [-0.2, -0.15) is 0 Å². The molecule has 4 heteroatoms. The molecule has 1 unspecified atom stereocenters. The first-order valence-electron chi connectivity index (χ1n) is 5.15. The van der Waals surface area contributed by atoms with Crippen LogP contribution in [0.2, 0.25) is 0 Å². The molecule has 0 bridgehead atoms. The molecule has 1 aromatic heterocycles. The van der Waals surface area contributed by atoms with E-state index >= 15 is 0 Å². The summed E-state index contributed by atoms with van der Waals surface area (Å²) in [5.41, 5.74) is 1.64. The van der Waals surface area contributed by atoms with E-state index in [0.717, 1.165) is 5.56 Å². The Balaban J connectivity index is 2.44. The highest BCUT2D eigenvalue weighted by Gasteiger charge is 2.17. The maximum Gasteiger partial charge on any atom is 0.128 e. The van der Waals surface area contributed by atoms with Gasteiger partial charge in [0.1, 0.15) is 11.6 Å². The van der Waals surface area contributed by atoms with Crippen molar-refractivity contribution in [2.24, 2.45) is 0 Å². The summed E-state index contributed by atoms with van der Waals surface area (Å²) in [4.78, 5) is 7.14. The van der Waals surface area contributed by atoms with E-state index in [1.165, 1.54) is 6.07 Å². The second-order valence-electron chi connectivity index (χ2n) is 3.72. The molecular weight excluding hydrogens is 205 g/mol. The standard InChI is InChI=1S/C12H14FN3/c1-8-3-4-10(13)9(7-8)11(14-2)12-15-5-6-16-12/h3-7,11,14H,1-2H3,(H,15,16). The second-order valence-corrected chi connectivity index (χ2v) is 3.72. The Hall–Kier alpha value is -1.68. The highest BCUT2D eigenvalue weighted by Crippen LogP contribution is 2.22. The van der Waals surface area contributed by atoms with Gasteiger partial charge in [0, 0.05) is 18.0 Å². The van der Waals surface area contributed by atoms with Gasteiger partial charge in [-0.15, -0.1) is 0 Å². The second kappa shape index (κ2) is 4.45. The zero-order valence-corrected chi connectivity index (χ0v) is 9.29. The molecule has 0 spiro atoms. The van der Waals surface area contributed by atoms with Crippen molar-refractivity contribution in [3.05, 3.63) is 53.4 Å². The summed E-state index contributed by atoms with van der Waals surface area (Å²) in [5, 5.41) is 3.06. The first kappa shape index (κ1) is 10.8. The topological polar surface area (TPSA) is 40.7 Å². The summed E-state index contributed by atoms with van der Waals surface area (Å²) in [5.74, 6) is 0.494. The van der Waals surface area contributed by atoms with Gasteiger partial charge in [-0.1, -0.05) is 17.7 Å². The lowest BCUT2D eigenvalue weighted by atomic mass is 10.0. The maximum absolute atomic E-state index is 13.7. The zero-order valence-electron chi connectivity index (χ0n) is 9.29. The molecule has 0 radical (unpaired) electrons. The van der Waals surface area contributed by atoms with Crippen molar-refractivity contribution in [3.63, 3.8) is 0 Å². The third kappa shape index (κ3) is 1.97. The van der Waals surface area contributed by atoms with Crippen molar-refractivity contribution in [2.45, 2.75) is 13.0 Å². The van der Waals surface area contributed by atoms with Crippen molar-refractivity contribution in [1.82, 2.24) is 15.3 Å². The molecule has 0 amide bonds. The predicted octanol–water partition coefficient (Wildman–Crippen LogP) is 2.17. The largest absolute Gasteiger partial charge is 0.347 e. The molecule has 84 valence electrons. The van der Waals surface area contributed by atoms with Crippen LogP contribution in [0.1, 0.15) is 23.0 Å². The highest BCUT2D eigenvalue weighted by molar-refractivity contribution is 5.30. The van der Waals surface area contributed by atoms with E-state index in [-0.39, 0.29) is 11.9 Å². The minimum absolute atomic E-state index is 0.221. The van der Waals surface area contributed by atoms with E-state index in [0.29, 0.717) is 11.4 Å². The number of rotatable bonds is 3. The number of aromatic nitrogens is 2. The van der Waals surface area contributed by atoms with Crippen LogP contribution in [0.15, 0.2) is 30.6 Å². The van der Waals surface area contributed by atoms with E-state index in [4.69, 9.17) is 0 Å². The smallest absolute Gasteiger partial charge is 0.128 e. The van der Waals surface area contributed by atoms with Gasteiger partial charge in [-0.05, 0) is 20.0 Å². The van der Waals surface area contributed by atoms with Crippen LogP contribution in [0, 0.1) is 12.7 Å². The quantitative estimate of drug-likeness (QED) is 0.830. The lowest BCUT2D eigenvalue weighted by Gasteiger charge is -2.15. The molecule has 1 atom stereocenters. The summed E-state index contributed by atoms with van der Waals surface area (Å²) in [6, 6.07) is 4.83. The van der Waals surface area contributed by atoms with Crippen LogP contribution in [0.3, 0.4) is 0 Å². The number of aromatic amines is 1. The summed E-state index contributed by atoms with van der Waals surface area (Å²) >= 11 is 0. The molecule has 2 N–H and O–H groups in total. The fourth-order valence-corrected chi connectivity index (χ4v) is 1.76. The van der Waals surface area contributed by atoms with Crippen molar-refractivity contribution in [3.8, 4) is 0 Å². The van der Waals surface area contributed by atoms with E-state index in [9.17, 15) is 4.39 Å². The van der Waals surface area contributed by atoms with E-state index in [1.807, 2.05) is 13.0 Å². The molecule has 0 aliphatic carbocycles. The van der Waals surface area contributed by atoms with Gasteiger partial charge in [0.2, 0.25) is 0 Å². The third-order valence-electron chi connectivity index (χ3n) is 2.54. The van der Waals surface area contributed by atoms with Crippen LogP contribution in [-0.4, -0.2) is 17.0 Å². The first-order valence-corrected chi connectivity index (χ1v) is 5.15. The molecule has 0 aliphatic rings. The molecule has 2 aromatic rings. The van der Waals surface area contributed by atoms with Crippen LogP contribution < -0.4 is 5.32 Å². The van der Waals surface area contributed by atoms with Crippen LogP contribution >= 0.6 is 0 Å². The molecule has 2 rings (SSSR count). The monoisotopic (exact) mass is 219 g/mol. The lowest BCUT2D eigenvalue weighted by Crippen LogP contribution is -2.20. The number of nitrogens with zero attached hydrogens (tertiary/aromatic N) is 1. The normalized spacial score (nSPS) is 12.7. The van der Waals surface area contributed by atoms with Crippen LogP contribution in [0.4, 0.5) is 4.39 Å². The lowest BCUT2D eigenvalue weighted by molar-refractivity contribution is 0.565. The van der Waals surface area contributed by atoms with Crippen molar-refractivity contribution in [1.29, 1.82) is 0 Å². The SMILES string of the molecule is CNC(c1ncc[nH]1)c1cc(C)ccc1F. The number of hydrogen-bond donors (Lipinski definition) is 2. The predicted molar refractivity (Wildman–Crippen MR) is 60.6 cm³/mol. The number of halogens is 1. The highest BCUT2D eigenvalue weighted by atomic mass is 19.1. The number of nitrogens with one attached hydrogen (secondary N) is 2. The summed E-state index contributed by atoms with van der Waals surface area (Å²) in [7, 11) is 1.79. The Kier molecular flexibility index (Phi) is 3.01. The minimum atomic E-state index is -0.241. The molecule has 0 fully saturated rings. The van der Waals surface area contributed by atoms with Crippen LogP contribution in [-0.2, 0) is 0 Å². The van der Waals surface area contributed by atoms with Gasteiger partial charge in [-0.25, -0.2) is 9.37 Å². The van der Waals surface area contributed by atoms with Crippen molar-refractivity contribution in [2.75, 3.05) is 7.05 Å². The minimum Gasteiger partial charge on any atom is -0.347 e. The van der Waals surface area contributed by atoms with E-state index in [1.54, 1.807) is 25.5 Å². The van der Waals surface area contributed by atoms with Gasteiger partial charge in [0.05, 0.1) is 6.04 Å². The maximum atomic E-state index is 13.7. The van der Waals surface area contributed by atoms with Gasteiger partial charge in [-0.3, -0.25) is 0 Å². The number of hydrogen-bond acceptors (Lipinski definition) is 2. The Labute approximate surface area is 93.7 Å². The van der Waals surface area contributed by atoms with Crippen molar-refractivity contribution < 1.29 is 4.39 Å². The number of imidazole rings is 1. The summed E-state index contributed by atoms with van der Waals surface area (Å²) in [6.07, 6.45) is 3.39. The first-order chi connectivity index (χ1) is 7.72. The van der Waals surface area contributed by atoms with Crippen molar-refractivity contribution >= 4 is 0 Å². The molecule has 1 aromatic carbocycles. The van der Waals surface area contributed by atoms with Gasteiger partial charge >= 0.3 is 0 Å². The van der Waals surface area contributed by atoms with Gasteiger partial charge < -0.3 is 10.3 Å².